The molecule has 2 aliphatic heterocycles. The predicted molar refractivity (Wildman–Crippen MR) is 168 cm³/mol. The molecule has 0 aliphatic carbocycles. The van der Waals surface area contributed by atoms with Gasteiger partial charge in [0.25, 0.3) is 0 Å². The summed E-state index contributed by atoms with van der Waals surface area (Å²) in [6, 6.07) is 17.0. The van der Waals surface area contributed by atoms with Gasteiger partial charge in [0.1, 0.15) is 11.4 Å². The molecule has 2 heterocycles. The van der Waals surface area contributed by atoms with Crippen LogP contribution in [0.1, 0.15) is 38.3 Å². The van der Waals surface area contributed by atoms with Crippen LogP contribution >= 0.6 is 0 Å². The summed E-state index contributed by atoms with van der Waals surface area (Å²) in [5.74, 6) is 0.494. The number of ketones is 1. The van der Waals surface area contributed by atoms with Gasteiger partial charge in [0, 0.05) is 19.1 Å². The molecule has 0 spiro atoms. The Balaban J connectivity index is 0.000000252. The molecular formula is C33H48N4O7. The Kier molecular flexibility index (Phi) is 16.1. The molecule has 3 N–H and O–H groups in total. The second-order valence-electron chi connectivity index (χ2n) is 11.0. The van der Waals surface area contributed by atoms with E-state index >= 15 is 0 Å². The van der Waals surface area contributed by atoms with E-state index in [0.29, 0.717) is 26.0 Å². The van der Waals surface area contributed by atoms with Crippen molar-refractivity contribution < 1.29 is 33.4 Å². The lowest BCUT2D eigenvalue weighted by Gasteiger charge is -2.26. The van der Waals surface area contributed by atoms with Crippen LogP contribution in [0.2, 0.25) is 0 Å². The molecule has 0 saturated carbocycles. The number of hydrogen-bond donors (Lipinski definition) is 3. The van der Waals surface area contributed by atoms with Crippen LogP contribution in [-0.4, -0.2) is 99.7 Å². The summed E-state index contributed by atoms with van der Waals surface area (Å²) in [6.45, 7) is 11.8. The van der Waals surface area contributed by atoms with Crippen LogP contribution in [0, 0.1) is 6.92 Å². The highest BCUT2D eigenvalue weighted by molar-refractivity contribution is 5.97. The van der Waals surface area contributed by atoms with Crippen LogP contribution in [-0.2, 0) is 35.1 Å². The van der Waals surface area contributed by atoms with Crippen LogP contribution < -0.4 is 20.7 Å². The van der Waals surface area contributed by atoms with Gasteiger partial charge < -0.3 is 30.2 Å². The largest absolute Gasteiger partial charge is 0.497 e. The minimum absolute atomic E-state index is 0.126. The number of carbonyl (C=O) groups excluding carboxylic acids is 4. The van der Waals surface area contributed by atoms with Gasteiger partial charge in [0.05, 0.1) is 46.1 Å². The highest BCUT2D eigenvalue weighted by Gasteiger charge is 2.50. The molecule has 0 radical (unpaired) electrons. The normalized spacial score (nSPS) is 18.5. The maximum atomic E-state index is 12.4. The Morgan fingerprint density at radius 2 is 1.66 bits per heavy atom. The molecule has 2 fully saturated rings. The van der Waals surface area contributed by atoms with Crippen LogP contribution in [0.3, 0.4) is 0 Å². The Hall–Kier alpha value is -3.80. The summed E-state index contributed by atoms with van der Waals surface area (Å²) in [7, 11) is 1.67. The number of morpholine rings is 1. The zero-order valence-electron chi connectivity index (χ0n) is 26.6. The molecule has 11 heteroatoms. The Labute approximate surface area is 261 Å². The van der Waals surface area contributed by atoms with Crippen LogP contribution in [0.5, 0.6) is 5.75 Å². The van der Waals surface area contributed by atoms with Gasteiger partial charge >= 0.3 is 0 Å². The standard InChI is InChI=1S/C15H18N2O4.C10H20N2O2.C8H10O/c1-15(9-21-15)14(20)12(17-13(19)8-16-10-18)7-11-5-3-2-4-6-11;1-3-9(2)11-10(13)8-12-4-6-14-7-5-12;1-7-3-5-8(9-2)6-4-7/h2-6,10,12H,7-9H2,1H3,(H,16,18)(H,17,19);9H,3-8H2,1-2H3,(H,11,13);3-6H,1-2H3/t12?,15-;;/m1../s1. The van der Waals surface area contributed by atoms with E-state index in [1.165, 1.54) is 5.56 Å². The molecule has 3 amide bonds. The smallest absolute Gasteiger partial charge is 0.239 e. The number of nitrogens with one attached hydrogen (secondary N) is 3. The van der Waals surface area contributed by atoms with Gasteiger partial charge in [0.2, 0.25) is 18.2 Å². The van der Waals surface area contributed by atoms with Crippen molar-refractivity contribution in [3.63, 3.8) is 0 Å². The molecule has 4 rings (SSSR count). The van der Waals surface area contributed by atoms with Crippen molar-refractivity contribution in [1.29, 1.82) is 0 Å². The lowest BCUT2D eigenvalue weighted by Crippen LogP contribution is -2.49. The number of aryl methyl sites for hydroxylation is 1. The fraction of sp³-hybridized carbons (Fsp3) is 0.515. The minimum Gasteiger partial charge on any atom is -0.497 e. The first-order valence-corrected chi connectivity index (χ1v) is 15.0. The molecule has 3 atom stereocenters. The van der Waals surface area contributed by atoms with Crippen molar-refractivity contribution in [2.45, 2.75) is 58.2 Å². The van der Waals surface area contributed by atoms with Crippen molar-refractivity contribution in [1.82, 2.24) is 20.9 Å². The average molecular weight is 613 g/mol. The minimum atomic E-state index is -0.801. The summed E-state index contributed by atoms with van der Waals surface area (Å²) in [5, 5.41) is 7.89. The van der Waals surface area contributed by atoms with Crippen LogP contribution in [0.15, 0.2) is 54.6 Å². The van der Waals surface area contributed by atoms with Crippen LogP contribution in [0.25, 0.3) is 0 Å². The molecule has 2 aromatic carbocycles. The van der Waals surface area contributed by atoms with Crippen molar-refractivity contribution in [3.05, 3.63) is 65.7 Å². The third kappa shape index (κ3) is 14.1. The second-order valence-corrected chi connectivity index (χ2v) is 11.0. The highest BCUT2D eigenvalue weighted by atomic mass is 16.6. The Bertz CT molecular complexity index is 1150. The number of methoxy groups -OCH3 is 1. The predicted octanol–water partition coefficient (Wildman–Crippen LogP) is 2.05. The van der Waals surface area contributed by atoms with E-state index in [9.17, 15) is 19.2 Å². The van der Waals surface area contributed by atoms with Gasteiger partial charge in [-0.1, -0.05) is 55.0 Å². The quantitative estimate of drug-likeness (QED) is 0.231. The number of rotatable bonds is 13. The molecule has 2 aromatic rings. The number of benzene rings is 2. The first-order valence-electron chi connectivity index (χ1n) is 15.0. The number of epoxide rings is 1. The second kappa shape index (κ2) is 19.5. The van der Waals surface area contributed by atoms with Crippen LogP contribution in [0.4, 0.5) is 0 Å². The van der Waals surface area contributed by atoms with E-state index in [1.807, 2.05) is 61.5 Å². The van der Waals surface area contributed by atoms with E-state index in [0.717, 1.165) is 44.0 Å². The van der Waals surface area contributed by atoms with Crippen molar-refractivity contribution >= 4 is 24.0 Å². The Morgan fingerprint density at radius 1 is 1.02 bits per heavy atom. The fourth-order valence-electron chi connectivity index (χ4n) is 4.12. The van der Waals surface area contributed by atoms with Crippen molar-refractivity contribution in [3.8, 4) is 5.75 Å². The number of Topliss-reactive ketones (excluding diaryl/α,β-unsaturated/α-hetero) is 1. The monoisotopic (exact) mass is 612 g/mol. The Morgan fingerprint density at radius 3 is 2.20 bits per heavy atom. The molecule has 242 valence electrons. The lowest BCUT2D eigenvalue weighted by molar-refractivity contribution is -0.130. The van der Waals surface area contributed by atoms with E-state index in [-0.39, 0.29) is 24.3 Å². The topological polar surface area (TPSA) is 139 Å². The summed E-state index contributed by atoms with van der Waals surface area (Å²) >= 11 is 0. The average Bonchev–Trinajstić information content (AvgIpc) is 3.79. The van der Waals surface area contributed by atoms with E-state index in [4.69, 9.17) is 14.2 Å². The van der Waals surface area contributed by atoms with E-state index < -0.39 is 17.6 Å². The fourth-order valence-corrected chi connectivity index (χ4v) is 4.12. The first-order chi connectivity index (χ1) is 21.1. The molecular weight excluding hydrogens is 564 g/mol. The highest BCUT2D eigenvalue weighted by Crippen LogP contribution is 2.29. The number of ether oxygens (including phenoxy) is 3. The van der Waals surface area contributed by atoms with E-state index in [2.05, 4.69) is 34.7 Å². The van der Waals surface area contributed by atoms with Gasteiger partial charge in [-0.3, -0.25) is 24.1 Å². The van der Waals surface area contributed by atoms with Gasteiger partial charge in [0.15, 0.2) is 5.78 Å². The maximum absolute atomic E-state index is 12.4. The molecule has 44 heavy (non-hydrogen) atoms. The number of carbonyl (C=O) groups is 4. The third-order valence-electron chi connectivity index (χ3n) is 7.13. The zero-order valence-corrected chi connectivity index (χ0v) is 26.6. The molecule has 0 bridgehead atoms. The molecule has 2 aliphatic rings. The third-order valence-corrected chi connectivity index (χ3v) is 7.13. The van der Waals surface area contributed by atoms with E-state index in [1.54, 1.807) is 14.0 Å². The molecule has 0 aromatic heterocycles. The lowest BCUT2D eigenvalue weighted by atomic mass is 9.95. The van der Waals surface area contributed by atoms with Gasteiger partial charge in [-0.15, -0.1) is 0 Å². The van der Waals surface area contributed by atoms with Gasteiger partial charge in [-0.05, 0) is 51.3 Å². The van der Waals surface area contributed by atoms with Crippen molar-refractivity contribution in [2.75, 3.05) is 53.1 Å². The molecule has 2 unspecified atom stereocenters. The maximum Gasteiger partial charge on any atom is 0.239 e. The number of hydrogen-bond acceptors (Lipinski definition) is 8. The number of amides is 3. The SMILES string of the molecule is CCC(C)NC(=O)CN1CCOCC1.COc1ccc(C)cc1.C[C@]1(C(=O)C(Cc2ccccc2)NC(=O)CNC=O)CO1. The summed E-state index contributed by atoms with van der Waals surface area (Å²) < 4.78 is 15.3. The summed E-state index contributed by atoms with van der Waals surface area (Å²) in [4.78, 5) is 48.0. The van der Waals surface area contributed by atoms with Gasteiger partial charge in [-0.2, -0.15) is 0 Å². The summed E-state index contributed by atoms with van der Waals surface area (Å²) in [6.07, 6.45) is 1.82. The van der Waals surface area contributed by atoms with Crippen molar-refractivity contribution in [2.24, 2.45) is 0 Å². The first kappa shape index (κ1) is 36.4. The zero-order chi connectivity index (χ0) is 32.4. The molecule has 11 nitrogen and oxygen atoms in total. The summed E-state index contributed by atoms with van der Waals surface area (Å²) in [5.41, 5.74) is 1.41. The number of nitrogens with zero attached hydrogens (tertiary/aromatic N) is 1. The van der Waals surface area contributed by atoms with Gasteiger partial charge in [-0.25, -0.2) is 0 Å². The molecule has 2 saturated heterocycles.